The summed E-state index contributed by atoms with van der Waals surface area (Å²) in [5.74, 6) is 0.894. The summed E-state index contributed by atoms with van der Waals surface area (Å²) >= 11 is 0. The molecule has 6 heteroatoms. The third-order valence-corrected chi connectivity index (χ3v) is 3.25. The van der Waals surface area contributed by atoms with E-state index in [1.807, 2.05) is 49.1 Å². The van der Waals surface area contributed by atoms with E-state index >= 15 is 0 Å². The van der Waals surface area contributed by atoms with Gasteiger partial charge in [0.25, 0.3) is 0 Å². The maximum Gasteiger partial charge on any atom is 0.155 e. The molecule has 1 aliphatic rings. The fourth-order valence-corrected chi connectivity index (χ4v) is 2.16. The number of hydrogen-bond acceptors (Lipinski definition) is 4. The maximum atomic E-state index is 10.2. The van der Waals surface area contributed by atoms with E-state index in [1.165, 1.54) is 0 Å². The van der Waals surface area contributed by atoms with Crippen LogP contribution in [0.2, 0.25) is 0 Å². The Morgan fingerprint density at radius 3 is 2.73 bits per heavy atom. The van der Waals surface area contributed by atoms with Gasteiger partial charge < -0.3 is 4.90 Å². The van der Waals surface area contributed by atoms with Gasteiger partial charge >= 0.3 is 0 Å². The first-order valence-corrected chi connectivity index (χ1v) is 7.08. The summed E-state index contributed by atoms with van der Waals surface area (Å²) in [5.41, 5.74) is 5.63. The first kappa shape index (κ1) is 15.6. The summed E-state index contributed by atoms with van der Waals surface area (Å²) in [6.45, 7) is 9.11. The molecule has 114 valence electrons. The highest BCUT2D eigenvalue weighted by Crippen LogP contribution is 2.17. The van der Waals surface area contributed by atoms with Crippen LogP contribution in [0.1, 0.15) is 25.0 Å². The quantitative estimate of drug-likeness (QED) is 0.648. The Morgan fingerprint density at radius 1 is 1.41 bits per heavy atom. The molecule has 0 aromatic heterocycles. The molecule has 0 unspecified atom stereocenters. The van der Waals surface area contributed by atoms with Gasteiger partial charge in [-0.15, -0.1) is 4.91 Å². The van der Waals surface area contributed by atoms with Gasteiger partial charge in [-0.1, -0.05) is 36.9 Å². The Balaban J connectivity index is 2.11. The van der Waals surface area contributed by atoms with Crippen molar-refractivity contribution in [2.75, 3.05) is 6.54 Å². The first-order chi connectivity index (χ1) is 10.7. The number of nitrogens with zero attached hydrogens (tertiary/aromatic N) is 4. The van der Waals surface area contributed by atoms with Gasteiger partial charge in [0.1, 0.15) is 5.70 Å². The SMILES string of the molecule is C=C(NN=O)c1ccc(CN2C=NC(=C/C)/C2=N\CC)cc1. The lowest BCUT2D eigenvalue weighted by molar-refractivity contribution is 0.630. The minimum atomic E-state index is 0.480. The predicted molar refractivity (Wildman–Crippen MR) is 90.2 cm³/mol. The predicted octanol–water partition coefficient (Wildman–Crippen LogP) is 3.09. The summed E-state index contributed by atoms with van der Waals surface area (Å²) in [7, 11) is 0. The molecule has 2 rings (SSSR count). The Bertz CT molecular complexity index is 643. The Hall–Kier alpha value is -2.76. The van der Waals surface area contributed by atoms with Crippen molar-refractivity contribution in [1.29, 1.82) is 0 Å². The Labute approximate surface area is 129 Å². The van der Waals surface area contributed by atoms with Crippen LogP contribution in [0, 0.1) is 4.91 Å². The zero-order valence-corrected chi connectivity index (χ0v) is 12.8. The molecule has 0 amide bonds. The Kier molecular flexibility index (Phi) is 5.19. The van der Waals surface area contributed by atoms with Crippen molar-refractivity contribution in [3.8, 4) is 0 Å². The minimum absolute atomic E-state index is 0.480. The highest BCUT2D eigenvalue weighted by molar-refractivity contribution is 6.08. The molecule has 0 spiro atoms. The molecule has 6 nitrogen and oxygen atoms in total. The number of allylic oxidation sites excluding steroid dienone is 1. The molecular formula is C16H19N5O. The van der Waals surface area contributed by atoms with Gasteiger partial charge in [-0.25, -0.2) is 10.4 Å². The molecule has 0 fully saturated rings. The van der Waals surface area contributed by atoms with Crippen molar-refractivity contribution in [2.45, 2.75) is 20.4 Å². The van der Waals surface area contributed by atoms with Crippen LogP contribution in [0.3, 0.4) is 0 Å². The van der Waals surface area contributed by atoms with E-state index in [4.69, 9.17) is 0 Å². The third-order valence-electron chi connectivity index (χ3n) is 3.25. The zero-order chi connectivity index (χ0) is 15.9. The molecule has 0 radical (unpaired) electrons. The number of aliphatic imine (C=N–C) groups is 2. The second kappa shape index (κ2) is 7.31. The van der Waals surface area contributed by atoms with E-state index in [9.17, 15) is 4.91 Å². The molecule has 0 saturated heterocycles. The van der Waals surface area contributed by atoms with Gasteiger partial charge in [0, 0.05) is 6.54 Å². The van der Waals surface area contributed by atoms with Crippen LogP contribution in [-0.4, -0.2) is 23.6 Å². The number of rotatable bonds is 6. The number of nitroso groups, excluding NO2 is 1. The average molecular weight is 297 g/mol. The number of amidine groups is 1. The third kappa shape index (κ3) is 3.46. The lowest BCUT2D eigenvalue weighted by atomic mass is 10.1. The van der Waals surface area contributed by atoms with Gasteiger partial charge in [0.15, 0.2) is 5.84 Å². The fraction of sp³-hybridized carbons (Fsp3) is 0.250. The van der Waals surface area contributed by atoms with Crippen molar-refractivity contribution < 1.29 is 0 Å². The minimum Gasteiger partial charge on any atom is -0.311 e. The van der Waals surface area contributed by atoms with Crippen molar-refractivity contribution in [3.63, 3.8) is 0 Å². The zero-order valence-electron chi connectivity index (χ0n) is 12.8. The Morgan fingerprint density at radius 2 is 2.14 bits per heavy atom. The molecule has 1 aromatic rings. The summed E-state index contributed by atoms with van der Waals surface area (Å²) in [6, 6.07) is 7.77. The monoisotopic (exact) mass is 297 g/mol. The summed E-state index contributed by atoms with van der Waals surface area (Å²) in [6.07, 6.45) is 3.75. The summed E-state index contributed by atoms with van der Waals surface area (Å²) in [4.78, 5) is 21.1. The lowest BCUT2D eigenvalue weighted by Gasteiger charge is -2.16. The van der Waals surface area contributed by atoms with Crippen molar-refractivity contribution in [2.24, 2.45) is 15.3 Å². The summed E-state index contributed by atoms with van der Waals surface area (Å²) < 4.78 is 0. The number of nitrogens with one attached hydrogen (secondary N) is 1. The average Bonchev–Trinajstić information content (AvgIpc) is 2.91. The normalized spacial score (nSPS) is 17.3. The van der Waals surface area contributed by atoms with Gasteiger partial charge in [-0.3, -0.25) is 4.99 Å². The van der Waals surface area contributed by atoms with Crippen molar-refractivity contribution in [1.82, 2.24) is 10.3 Å². The first-order valence-electron chi connectivity index (χ1n) is 7.08. The molecule has 1 heterocycles. The van der Waals surface area contributed by atoms with Gasteiger partial charge in [-0.2, -0.15) is 0 Å². The molecule has 22 heavy (non-hydrogen) atoms. The molecule has 1 aliphatic heterocycles. The van der Waals surface area contributed by atoms with E-state index in [-0.39, 0.29) is 0 Å². The van der Waals surface area contributed by atoms with Crippen LogP contribution < -0.4 is 5.43 Å². The van der Waals surface area contributed by atoms with E-state index in [0.717, 1.165) is 29.2 Å². The molecule has 0 bridgehead atoms. The second-order valence-corrected chi connectivity index (χ2v) is 4.72. The number of benzene rings is 1. The van der Waals surface area contributed by atoms with E-state index in [2.05, 4.69) is 27.3 Å². The van der Waals surface area contributed by atoms with E-state index in [1.54, 1.807) is 6.34 Å². The highest BCUT2D eigenvalue weighted by atomic mass is 16.3. The molecular weight excluding hydrogens is 278 g/mol. The maximum absolute atomic E-state index is 10.2. The molecule has 1 N–H and O–H groups in total. The van der Waals surface area contributed by atoms with Gasteiger partial charge in [0.2, 0.25) is 0 Å². The number of hydrogen-bond donors (Lipinski definition) is 1. The van der Waals surface area contributed by atoms with Crippen LogP contribution in [0.4, 0.5) is 0 Å². The van der Waals surface area contributed by atoms with Gasteiger partial charge in [-0.05, 0) is 25.0 Å². The smallest absolute Gasteiger partial charge is 0.155 e. The van der Waals surface area contributed by atoms with Crippen LogP contribution >= 0.6 is 0 Å². The van der Waals surface area contributed by atoms with E-state index < -0.39 is 0 Å². The summed E-state index contributed by atoms with van der Waals surface area (Å²) in [5, 5.41) is 2.62. The van der Waals surface area contributed by atoms with E-state index in [0.29, 0.717) is 12.2 Å². The molecule has 1 aromatic carbocycles. The van der Waals surface area contributed by atoms with Crippen molar-refractivity contribution in [3.05, 3.63) is 58.7 Å². The van der Waals surface area contributed by atoms with Crippen LogP contribution in [0.5, 0.6) is 0 Å². The largest absolute Gasteiger partial charge is 0.311 e. The molecule has 0 atom stereocenters. The molecule has 0 aliphatic carbocycles. The van der Waals surface area contributed by atoms with Crippen LogP contribution in [-0.2, 0) is 6.54 Å². The standard InChI is InChI=1S/C16H19N5O/c1-4-15-16(17-5-2)21(11-18-15)10-13-6-8-14(9-7-13)12(3)19-20-22/h4,6-9,11H,3,5,10H2,1-2H3,(H,19,22)/b15-4+,17-16+. The second-order valence-electron chi connectivity index (χ2n) is 4.72. The fourth-order valence-electron chi connectivity index (χ4n) is 2.16. The topological polar surface area (TPSA) is 69.4 Å². The van der Waals surface area contributed by atoms with Crippen LogP contribution in [0.15, 0.2) is 57.9 Å². The molecule has 0 saturated carbocycles. The lowest BCUT2D eigenvalue weighted by Crippen LogP contribution is -2.25. The van der Waals surface area contributed by atoms with Crippen molar-refractivity contribution >= 4 is 17.9 Å². The van der Waals surface area contributed by atoms with Gasteiger partial charge in [0.05, 0.1) is 23.9 Å². The van der Waals surface area contributed by atoms with Crippen LogP contribution in [0.25, 0.3) is 5.70 Å². The highest BCUT2D eigenvalue weighted by Gasteiger charge is 2.19.